The number of nitrogens with zero attached hydrogens (tertiary/aromatic N) is 1. The molecule has 3 rings (SSSR count). The van der Waals surface area contributed by atoms with Crippen LogP contribution in [0.15, 0.2) is 24.3 Å². The summed E-state index contributed by atoms with van der Waals surface area (Å²) >= 11 is 0. The first-order valence-corrected chi connectivity index (χ1v) is 6.21. The van der Waals surface area contributed by atoms with Crippen molar-refractivity contribution in [2.24, 2.45) is 5.92 Å². The number of hydrogen-bond donors (Lipinski definition) is 0. The second-order valence-electron chi connectivity index (χ2n) is 5.05. The normalized spacial score (nSPS) is 29.9. The van der Waals surface area contributed by atoms with Crippen LogP contribution >= 0.6 is 0 Å². The lowest BCUT2D eigenvalue weighted by Gasteiger charge is -2.17. The van der Waals surface area contributed by atoms with Gasteiger partial charge in [0.15, 0.2) is 0 Å². The van der Waals surface area contributed by atoms with Gasteiger partial charge in [0.2, 0.25) is 6.41 Å². The summed E-state index contributed by atoms with van der Waals surface area (Å²) in [5, 5.41) is 0. The molecule has 0 bridgehead atoms. The fourth-order valence-corrected chi connectivity index (χ4v) is 3.10. The smallest absolute Gasteiger partial charge is 0.209 e. The van der Waals surface area contributed by atoms with E-state index < -0.39 is 0 Å². The van der Waals surface area contributed by atoms with Gasteiger partial charge < -0.3 is 9.64 Å². The fraction of sp³-hybridized carbons (Fsp3) is 0.500. The average Bonchev–Trinajstić information content (AvgIpc) is 2.93. The number of fused-ring (bicyclic) bond motifs is 1. The zero-order valence-corrected chi connectivity index (χ0v) is 10.1. The highest BCUT2D eigenvalue weighted by molar-refractivity contribution is 5.52. The maximum Gasteiger partial charge on any atom is 0.209 e. The summed E-state index contributed by atoms with van der Waals surface area (Å²) in [4.78, 5) is 12.7. The van der Waals surface area contributed by atoms with Gasteiger partial charge in [-0.05, 0) is 37.0 Å². The molecule has 0 N–H and O–H groups in total. The Morgan fingerprint density at radius 3 is 2.82 bits per heavy atom. The van der Waals surface area contributed by atoms with Crippen molar-refractivity contribution in [2.75, 3.05) is 19.7 Å². The van der Waals surface area contributed by atoms with E-state index >= 15 is 0 Å². The minimum atomic E-state index is 0.256. The Labute approximate surface area is 101 Å². The number of likely N-dealkylation sites (tertiary alicyclic amines) is 1. The maximum absolute atomic E-state index is 10.8. The largest absolute Gasteiger partial charge is 0.494 e. The summed E-state index contributed by atoms with van der Waals surface area (Å²) in [6.45, 7) is 4.50. The van der Waals surface area contributed by atoms with E-state index in [2.05, 4.69) is 12.1 Å². The van der Waals surface area contributed by atoms with Gasteiger partial charge in [-0.2, -0.15) is 0 Å². The SMILES string of the molecule is CCOc1ccc([C@@]23C[C@H]2CN(C=O)C3)cc1. The molecule has 1 saturated carbocycles. The van der Waals surface area contributed by atoms with E-state index in [0.717, 1.165) is 25.2 Å². The van der Waals surface area contributed by atoms with Gasteiger partial charge in [-0.1, -0.05) is 12.1 Å². The Balaban J connectivity index is 1.79. The van der Waals surface area contributed by atoms with Gasteiger partial charge in [-0.25, -0.2) is 0 Å². The van der Waals surface area contributed by atoms with Gasteiger partial charge in [0.05, 0.1) is 6.61 Å². The first-order chi connectivity index (χ1) is 8.28. The number of hydrogen-bond acceptors (Lipinski definition) is 2. The van der Waals surface area contributed by atoms with Crippen molar-refractivity contribution in [3.63, 3.8) is 0 Å². The van der Waals surface area contributed by atoms with Crippen molar-refractivity contribution >= 4 is 6.41 Å². The van der Waals surface area contributed by atoms with Crippen LogP contribution in [-0.4, -0.2) is 31.0 Å². The Hall–Kier alpha value is -1.51. The summed E-state index contributed by atoms with van der Waals surface area (Å²) in [5.41, 5.74) is 1.61. The Bertz CT molecular complexity index is 428. The summed E-state index contributed by atoms with van der Waals surface area (Å²) < 4.78 is 5.45. The van der Waals surface area contributed by atoms with Crippen LogP contribution in [-0.2, 0) is 10.2 Å². The number of piperidine rings is 1. The Morgan fingerprint density at radius 1 is 1.47 bits per heavy atom. The molecule has 3 heteroatoms. The summed E-state index contributed by atoms with van der Waals surface area (Å²) in [6.07, 6.45) is 2.20. The molecule has 1 aliphatic heterocycles. The van der Waals surface area contributed by atoms with E-state index in [9.17, 15) is 4.79 Å². The van der Waals surface area contributed by atoms with Crippen LogP contribution in [0, 0.1) is 5.92 Å². The monoisotopic (exact) mass is 231 g/mol. The van der Waals surface area contributed by atoms with E-state index in [4.69, 9.17) is 4.74 Å². The van der Waals surface area contributed by atoms with Crippen LogP contribution in [0.1, 0.15) is 18.9 Å². The van der Waals surface area contributed by atoms with E-state index in [0.29, 0.717) is 12.5 Å². The molecule has 1 aromatic carbocycles. The van der Waals surface area contributed by atoms with Gasteiger partial charge in [0.25, 0.3) is 0 Å². The van der Waals surface area contributed by atoms with Crippen LogP contribution in [0.4, 0.5) is 0 Å². The van der Waals surface area contributed by atoms with Crippen molar-refractivity contribution < 1.29 is 9.53 Å². The van der Waals surface area contributed by atoms with E-state index in [1.54, 1.807) is 0 Å². The van der Waals surface area contributed by atoms with E-state index in [1.165, 1.54) is 12.0 Å². The Kier molecular flexibility index (Phi) is 2.35. The minimum Gasteiger partial charge on any atom is -0.494 e. The lowest BCUT2D eigenvalue weighted by Crippen LogP contribution is -2.24. The zero-order chi connectivity index (χ0) is 11.9. The lowest BCUT2D eigenvalue weighted by atomic mass is 9.95. The molecule has 1 aliphatic carbocycles. The molecule has 0 aromatic heterocycles. The third kappa shape index (κ3) is 1.61. The molecule has 2 aliphatic rings. The maximum atomic E-state index is 10.8. The number of carbonyl (C=O) groups excluding carboxylic acids is 1. The first-order valence-electron chi connectivity index (χ1n) is 6.21. The van der Waals surface area contributed by atoms with Crippen LogP contribution in [0.2, 0.25) is 0 Å². The number of carbonyl (C=O) groups is 1. The second kappa shape index (κ2) is 3.76. The molecule has 17 heavy (non-hydrogen) atoms. The Morgan fingerprint density at radius 2 is 2.24 bits per heavy atom. The number of rotatable bonds is 4. The molecule has 90 valence electrons. The van der Waals surface area contributed by atoms with Crippen molar-refractivity contribution in [1.82, 2.24) is 4.90 Å². The van der Waals surface area contributed by atoms with Crippen molar-refractivity contribution in [2.45, 2.75) is 18.8 Å². The minimum absolute atomic E-state index is 0.256. The van der Waals surface area contributed by atoms with Gasteiger partial charge in [-0.3, -0.25) is 4.79 Å². The van der Waals surface area contributed by atoms with Crippen LogP contribution in [0.3, 0.4) is 0 Å². The molecule has 2 fully saturated rings. The van der Waals surface area contributed by atoms with Gasteiger partial charge in [0, 0.05) is 18.5 Å². The van der Waals surface area contributed by atoms with Gasteiger partial charge in [-0.15, -0.1) is 0 Å². The fourth-order valence-electron chi connectivity index (χ4n) is 3.10. The molecule has 2 atom stereocenters. The number of ether oxygens (including phenoxy) is 1. The standard InChI is InChI=1S/C14H17NO2/c1-2-17-13-5-3-11(4-6-13)14-7-12(14)8-15(9-14)10-16/h3-6,10,12H,2,7-9H2,1H3/t12-,14-/m0/s1. The molecule has 0 unspecified atom stereocenters. The average molecular weight is 231 g/mol. The predicted molar refractivity (Wildman–Crippen MR) is 65.0 cm³/mol. The molecular weight excluding hydrogens is 214 g/mol. The molecule has 3 nitrogen and oxygen atoms in total. The van der Waals surface area contributed by atoms with Crippen LogP contribution < -0.4 is 4.74 Å². The van der Waals surface area contributed by atoms with E-state index in [1.807, 2.05) is 24.0 Å². The highest BCUT2D eigenvalue weighted by atomic mass is 16.5. The first kappa shape index (κ1) is 10.6. The van der Waals surface area contributed by atoms with Crippen LogP contribution in [0.5, 0.6) is 5.75 Å². The molecule has 1 heterocycles. The third-order valence-electron chi connectivity index (χ3n) is 4.06. The van der Waals surface area contributed by atoms with Gasteiger partial charge >= 0.3 is 0 Å². The van der Waals surface area contributed by atoms with Crippen molar-refractivity contribution in [1.29, 1.82) is 0 Å². The molecule has 0 spiro atoms. The zero-order valence-electron chi connectivity index (χ0n) is 10.1. The van der Waals surface area contributed by atoms with Gasteiger partial charge in [0.1, 0.15) is 5.75 Å². The predicted octanol–water partition coefficient (Wildman–Crippen LogP) is 1.81. The second-order valence-corrected chi connectivity index (χ2v) is 5.05. The summed E-state index contributed by atoms with van der Waals surface area (Å²) in [7, 11) is 0. The topological polar surface area (TPSA) is 29.5 Å². The van der Waals surface area contributed by atoms with Crippen molar-refractivity contribution in [3.05, 3.63) is 29.8 Å². The molecule has 1 saturated heterocycles. The summed E-state index contributed by atoms with van der Waals surface area (Å²) in [5.74, 6) is 1.60. The highest BCUT2D eigenvalue weighted by Crippen LogP contribution is 2.58. The number of amides is 1. The lowest BCUT2D eigenvalue weighted by molar-refractivity contribution is -0.117. The summed E-state index contributed by atoms with van der Waals surface area (Å²) in [6, 6.07) is 8.37. The molecule has 0 radical (unpaired) electrons. The number of benzene rings is 1. The molecular formula is C14H17NO2. The van der Waals surface area contributed by atoms with Crippen LogP contribution in [0.25, 0.3) is 0 Å². The third-order valence-corrected chi connectivity index (χ3v) is 4.06. The molecule has 1 aromatic rings. The molecule has 1 amide bonds. The quantitative estimate of drug-likeness (QED) is 0.740. The van der Waals surface area contributed by atoms with E-state index in [-0.39, 0.29) is 5.41 Å². The highest BCUT2D eigenvalue weighted by Gasteiger charge is 2.60. The van der Waals surface area contributed by atoms with Crippen molar-refractivity contribution in [3.8, 4) is 5.75 Å².